The van der Waals surface area contributed by atoms with Gasteiger partial charge in [0.25, 0.3) is 0 Å². The van der Waals surface area contributed by atoms with Crippen LogP contribution in [0, 0.1) is 5.92 Å². The van der Waals surface area contributed by atoms with E-state index in [0.717, 1.165) is 19.3 Å². The topological polar surface area (TPSA) is 43.1 Å². The van der Waals surface area contributed by atoms with E-state index in [1.165, 1.54) is 0 Å². The van der Waals surface area contributed by atoms with E-state index in [1.807, 2.05) is 6.08 Å². The Morgan fingerprint density at radius 1 is 1.73 bits per heavy atom. The number of carbonyl (C=O) groups excluding carboxylic acids is 1. The summed E-state index contributed by atoms with van der Waals surface area (Å²) >= 11 is 0. The summed E-state index contributed by atoms with van der Waals surface area (Å²) in [5, 5.41) is 0. The molecule has 0 aromatic carbocycles. The highest BCUT2D eigenvalue weighted by atomic mass is 16.1. The molecule has 1 unspecified atom stereocenters. The molecule has 0 bridgehead atoms. The van der Waals surface area contributed by atoms with Crippen LogP contribution in [0.15, 0.2) is 12.7 Å². The van der Waals surface area contributed by atoms with Crippen molar-refractivity contribution in [2.24, 2.45) is 11.7 Å². The van der Waals surface area contributed by atoms with E-state index in [4.69, 9.17) is 5.73 Å². The molecule has 0 rings (SSSR count). The van der Waals surface area contributed by atoms with Crippen molar-refractivity contribution in [3.05, 3.63) is 12.7 Å². The maximum Gasteiger partial charge on any atom is 0.218 e. The molecule has 0 aromatic rings. The summed E-state index contributed by atoms with van der Waals surface area (Å²) in [6.07, 6.45) is 5.60. The molecule has 0 aliphatic heterocycles. The van der Waals surface area contributed by atoms with Gasteiger partial charge in [-0.2, -0.15) is 0 Å². The molecule has 0 saturated heterocycles. The molecule has 2 nitrogen and oxygen atoms in total. The number of unbranched alkanes of at least 4 members (excludes halogenated alkanes) is 1. The molecule has 0 aliphatic rings. The molecular weight excluding hydrogens is 138 g/mol. The van der Waals surface area contributed by atoms with Gasteiger partial charge in [0.1, 0.15) is 0 Å². The van der Waals surface area contributed by atoms with Crippen LogP contribution in [0.5, 0.6) is 0 Å². The average molecular weight is 155 g/mol. The van der Waals surface area contributed by atoms with Crippen LogP contribution < -0.4 is 5.73 Å². The molecule has 64 valence electrons. The maximum absolute atomic E-state index is 10.5. The lowest BCUT2D eigenvalue weighted by molar-refractivity contribution is -0.118. The van der Waals surface area contributed by atoms with E-state index >= 15 is 0 Å². The lowest BCUT2D eigenvalue weighted by Crippen LogP contribution is -2.15. The molecule has 0 radical (unpaired) electrons. The number of nitrogens with two attached hydrogens (primary N) is 1. The fourth-order valence-electron chi connectivity index (χ4n) is 1.03. The monoisotopic (exact) mass is 155 g/mol. The molecule has 2 N–H and O–H groups in total. The summed E-state index contributed by atoms with van der Waals surface area (Å²) in [7, 11) is 0. The lowest BCUT2D eigenvalue weighted by atomic mass is 9.99. The zero-order chi connectivity index (χ0) is 8.69. The molecule has 1 atom stereocenters. The fraction of sp³-hybridized carbons (Fsp3) is 0.667. The van der Waals surface area contributed by atoms with Gasteiger partial charge in [-0.15, -0.1) is 6.58 Å². The first-order valence-electron chi connectivity index (χ1n) is 4.11. The minimum absolute atomic E-state index is 0.231. The zero-order valence-corrected chi connectivity index (χ0v) is 7.18. The van der Waals surface area contributed by atoms with Gasteiger partial charge >= 0.3 is 0 Å². The van der Waals surface area contributed by atoms with Gasteiger partial charge in [0, 0.05) is 6.42 Å². The van der Waals surface area contributed by atoms with Crippen molar-refractivity contribution in [3.8, 4) is 0 Å². The van der Waals surface area contributed by atoms with Gasteiger partial charge in [-0.05, 0) is 12.3 Å². The Morgan fingerprint density at radius 2 is 2.36 bits per heavy atom. The van der Waals surface area contributed by atoms with E-state index in [2.05, 4.69) is 13.5 Å². The number of carbonyl (C=O) groups is 1. The third-order valence-corrected chi connectivity index (χ3v) is 1.73. The first-order chi connectivity index (χ1) is 5.20. The van der Waals surface area contributed by atoms with Crippen molar-refractivity contribution >= 4 is 5.91 Å². The zero-order valence-electron chi connectivity index (χ0n) is 7.18. The Morgan fingerprint density at radius 3 is 2.73 bits per heavy atom. The Bertz CT molecular complexity index is 132. The standard InChI is InChI=1S/C9H17NO/c1-3-5-6-8(4-2)7-9(10)11/h4,8H,2-3,5-7H2,1H3,(H2,10,11). The molecular formula is C9H17NO. The molecule has 0 spiro atoms. The van der Waals surface area contributed by atoms with Gasteiger partial charge in [-0.25, -0.2) is 0 Å². The Hall–Kier alpha value is -0.790. The van der Waals surface area contributed by atoms with E-state index in [1.54, 1.807) is 0 Å². The molecule has 0 fully saturated rings. The minimum Gasteiger partial charge on any atom is -0.370 e. The van der Waals surface area contributed by atoms with Crippen LogP contribution in [-0.2, 0) is 4.79 Å². The fourth-order valence-corrected chi connectivity index (χ4v) is 1.03. The van der Waals surface area contributed by atoms with Gasteiger partial charge in [0.15, 0.2) is 0 Å². The average Bonchev–Trinajstić information content (AvgIpc) is 1.97. The third-order valence-electron chi connectivity index (χ3n) is 1.73. The van der Waals surface area contributed by atoms with Crippen LogP contribution in [0.2, 0.25) is 0 Å². The first-order valence-corrected chi connectivity index (χ1v) is 4.11. The van der Waals surface area contributed by atoms with E-state index in [0.29, 0.717) is 6.42 Å². The summed E-state index contributed by atoms with van der Waals surface area (Å²) in [4.78, 5) is 10.5. The minimum atomic E-state index is -0.231. The van der Waals surface area contributed by atoms with Crippen LogP contribution >= 0.6 is 0 Å². The lowest BCUT2D eigenvalue weighted by Gasteiger charge is -2.07. The largest absolute Gasteiger partial charge is 0.370 e. The van der Waals surface area contributed by atoms with Crippen molar-refractivity contribution in [2.45, 2.75) is 32.6 Å². The van der Waals surface area contributed by atoms with E-state index in [-0.39, 0.29) is 11.8 Å². The van der Waals surface area contributed by atoms with Crippen molar-refractivity contribution in [1.29, 1.82) is 0 Å². The van der Waals surface area contributed by atoms with Crippen LogP contribution in [0.1, 0.15) is 32.6 Å². The molecule has 0 aromatic heterocycles. The predicted octanol–water partition coefficient (Wildman–Crippen LogP) is 1.85. The molecule has 1 amide bonds. The number of rotatable bonds is 6. The highest BCUT2D eigenvalue weighted by Gasteiger charge is 2.06. The smallest absolute Gasteiger partial charge is 0.218 e. The van der Waals surface area contributed by atoms with Crippen molar-refractivity contribution in [2.75, 3.05) is 0 Å². The predicted molar refractivity (Wildman–Crippen MR) is 47.0 cm³/mol. The molecule has 0 heterocycles. The summed E-state index contributed by atoms with van der Waals surface area (Å²) in [5.41, 5.74) is 5.05. The van der Waals surface area contributed by atoms with Crippen LogP contribution in [0.25, 0.3) is 0 Å². The number of amides is 1. The summed E-state index contributed by atoms with van der Waals surface area (Å²) < 4.78 is 0. The van der Waals surface area contributed by atoms with Crippen molar-refractivity contribution < 1.29 is 4.79 Å². The van der Waals surface area contributed by atoms with Crippen molar-refractivity contribution in [1.82, 2.24) is 0 Å². The number of hydrogen-bond donors (Lipinski definition) is 1. The van der Waals surface area contributed by atoms with Crippen LogP contribution in [-0.4, -0.2) is 5.91 Å². The normalized spacial score (nSPS) is 12.5. The highest BCUT2D eigenvalue weighted by molar-refractivity contribution is 5.74. The SMILES string of the molecule is C=CC(CCCC)CC(N)=O. The molecule has 2 heteroatoms. The van der Waals surface area contributed by atoms with Crippen LogP contribution in [0.4, 0.5) is 0 Å². The Labute approximate surface area is 68.5 Å². The highest BCUT2D eigenvalue weighted by Crippen LogP contribution is 2.12. The Kier molecular flexibility index (Phi) is 5.53. The molecule has 0 saturated carbocycles. The second kappa shape index (κ2) is 5.96. The van der Waals surface area contributed by atoms with Crippen LogP contribution in [0.3, 0.4) is 0 Å². The van der Waals surface area contributed by atoms with Gasteiger partial charge in [0.2, 0.25) is 5.91 Å². The first kappa shape index (κ1) is 10.2. The van der Waals surface area contributed by atoms with E-state index in [9.17, 15) is 4.79 Å². The number of hydrogen-bond acceptors (Lipinski definition) is 1. The number of allylic oxidation sites excluding steroid dienone is 1. The Balaban J connectivity index is 3.57. The number of primary amides is 1. The van der Waals surface area contributed by atoms with E-state index < -0.39 is 0 Å². The molecule has 11 heavy (non-hydrogen) atoms. The van der Waals surface area contributed by atoms with Gasteiger partial charge < -0.3 is 5.73 Å². The maximum atomic E-state index is 10.5. The van der Waals surface area contributed by atoms with Gasteiger partial charge in [-0.3, -0.25) is 4.79 Å². The van der Waals surface area contributed by atoms with Gasteiger partial charge in [0.05, 0.1) is 0 Å². The summed E-state index contributed by atoms with van der Waals surface area (Å²) in [5.74, 6) is 0.0541. The summed E-state index contributed by atoms with van der Waals surface area (Å²) in [6, 6.07) is 0. The second-order valence-corrected chi connectivity index (χ2v) is 2.81. The third kappa shape index (κ3) is 5.64. The van der Waals surface area contributed by atoms with Crippen molar-refractivity contribution in [3.63, 3.8) is 0 Å². The molecule has 0 aliphatic carbocycles. The quantitative estimate of drug-likeness (QED) is 0.584. The second-order valence-electron chi connectivity index (χ2n) is 2.81. The summed E-state index contributed by atoms with van der Waals surface area (Å²) in [6.45, 7) is 5.79. The van der Waals surface area contributed by atoms with Gasteiger partial charge in [-0.1, -0.05) is 25.8 Å².